The molecule has 1 aliphatic heterocycles. The first-order chi connectivity index (χ1) is 6.24. The second-order valence-corrected chi connectivity index (χ2v) is 3.35. The maximum atomic E-state index is 11.5. The van der Waals surface area contributed by atoms with E-state index in [9.17, 15) is 4.79 Å². The minimum absolute atomic E-state index is 0.0889. The molecular weight excluding hydrogens is 170 g/mol. The number of hydrogen-bond acceptors (Lipinski definition) is 3. The number of rotatable bonds is 3. The van der Waals surface area contributed by atoms with Gasteiger partial charge in [0.05, 0.1) is 12.7 Å². The molecule has 0 aromatic heterocycles. The van der Waals surface area contributed by atoms with E-state index in [1.165, 1.54) is 0 Å². The summed E-state index contributed by atoms with van der Waals surface area (Å²) < 4.78 is 5.32. The quantitative estimate of drug-likeness (QED) is 0.677. The van der Waals surface area contributed by atoms with Crippen LogP contribution in [0.3, 0.4) is 0 Å². The molecule has 1 unspecified atom stereocenters. The fourth-order valence-electron chi connectivity index (χ4n) is 1.43. The smallest absolute Gasteiger partial charge is 0.222 e. The molecule has 0 aliphatic carbocycles. The van der Waals surface area contributed by atoms with Crippen molar-refractivity contribution in [3.8, 4) is 0 Å². The van der Waals surface area contributed by atoms with Crippen molar-refractivity contribution < 1.29 is 14.6 Å². The van der Waals surface area contributed by atoms with Crippen molar-refractivity contribution in [2.24, 2.45) is 0 Å². The monoisotopic (exact) mass is 187 g/mol. The third kappa shape index (κ3) is 3.32. The van der Waals surface area contributed by atoms with Crippen molar-refractivity contribution in [3.63, 3.8) is 0 Å². The molecule has 1 amide bonds. The van der Waals surface area contributed by atoms with Gasteiger partial charge in [-0.15, -0.1) is 0 Å². The zero-order chi connectivity index (χ0) is 9.68. The molecule has 0 bridgehead atoms. The molecule has 76 valence electrons. The summed E-state index contributed by atoms with van der Waals surface area (Å²) in [5, 5.41) is 8.57. The van der Waals surface area contributed by atoms with E-state index in [1.807, 2.05) is 11.8 Å². The molecular formula is C9H17NO3. The number of morpholine rings is 1. The molecule has 1 aliphatic rings. The third-order valence-electron chi connectivity index (χ3n) is 2.14. The Balaban J connectivity index is 2.28. The summed E-state index contributed by atoms with van der Waals surface area (Å²) in [6, 6.07) is 0. The summed E-state index contributed by atoms with van der Waals surface area (Å²) in [7, 11) is 0. The normalized spacial score (nSPS) is 23.2. The molecule has 1 saturated heterocycles. The number of hydrogen-bond donors (Lipinski definition) is 1. The second kappa shape index (κ2) is 5.19. The second-order valence-electron chi connectivity index (χ2n) is 3.35. The van der Waals surface area contributed by atoms with Gasteiger partial charge >= 0.3 is 0 Å². The van der Waals surface area contributed by atoms with Crippen LogP contribution in [0.5, 0.6) is 0 Å². The van der Waals surface area contributed by atoms with Crippen molar-refractivity contribution >= 4 is 5.91 Å². The molecule has 0 aromatic rings. The van der Waals surface area contributed by atoms with Crippen molar-refractivity contribution in [1.29, 1.82) is 0 Å². The summed E-state index contributed by atoms with van der Waals surface area (Å²) in [5.74, 6) is 0.129. The predicted molar refractivity (Wildman–Crippen MR) is 48.3 cm³/mol. The average molecular weight is 187 g/mol. The molecule has 4 nitrogen and oxygen atoms in total. The fraction of sp³-hybridized carbons (Fsp3) is 0.889. The number of aliphatic hydroxyl groups is 1. The van der Waals surface area contributed by atoms with Crippen LogP contribution in [0.15, 0.2) is 0 Å². The molecule has 0 spiro atoms. The van der Waals surface area contributed by atoms with E-state index in [1.54, 1.807) is 0 Å². The van der Waals surface area contributed by atoms with Gasteiger partial charge < -0.3 is 14.7 Å². The van der Waals surface area contributed by atoms with Crippen LogP contribution in [-0.4, -0.2) is 48.3 Å². The van der Waals surface area contributed by atoms with Crippen LogP contribution in [0, 0.1) is 0 Å². The number of ether oxygens (including phenoxy) is 1. The van der Waals surface area contributed by atoms with Crippen LogP contribution < -0.4 is 0 Å². The Hall–Kier alpha value is -0.610. The van der Waals surface area contributed by atoms with E-state index in [4.69, 9.17) is 9.84 Å². The lowest BCUT2D eigenvalue weighted by atomic mass is 10.2. The number of carbonyl (C=O) groups excluding carboxylic acids is 1. The SMILES string of the molecule is CC1CN(C(=O)CCCO)CCO1. The lowest BCUT2D eigenvalue weighted by Crippen LogP contribution is -2.44. The highest BCUT2D eigenvalue weighted by Gasteiger charge is 2.20. The lowest BCUT2D eigenvalue weighted by Gasteiger charge is -2.31. The molecule has 1 atom stereocenters. The maximum absolute atomic E-state index is 11.5. The van der Waals surface area contributed by atoms with Crippen molar-refractivity contribution in [2.45, 2.75) is 25.9 Å². The van der Waals surface area contributed by atoms with Gasteiger partial charge in [-0.25, -0.2) is 0 Å². The van der Waals surface area contributed by atoms with E-state index in [2.05, 4.69) is 0 Å². The van der Waals surface area contributed by atoms with Crippen LogP contribution in [0.1, 0.15) is 19.8 Å². The Kier molecular flexibility index (Phi) is 4.18. The van der Waals surface area contributed by atoms with Gasteiger partial charge in [0.25, 0.3) is 0 Å². The first-order valence-corrected chi connectivity index (χ1v) is 4.74. The molecule has 13 heavy (non-hydrogen) atoms. The van der Waals surface area contributed by atoms with E-state index in [0.717, 1.165) is 0 Å². The zero-order valence-corrected chi connectivity index (χ0v) is 8.03. The number of aliphatic hydroxyl groups excluding tert-OH is 1. The van der Waals surface area contributed by atoms with Gasteiger partial charge in [0.2, 0.25) is 5.91 Å². The van der Waals surface area contributed by atoms with Crippen molar-refractivity contribution in [3.05, 3.63) is 0 Å². The Bertz CT molecular complexity index is 172. The van der Waals surface area contributed by atoms with E-state index < -0.39 is 0 Å². The average Bonchev–Trinajstić information content (AvgIpc) is 2.14. The topological polar surface area (TPSA) is 49.8 Å². The van der Waals surface area contributed by atoms with Gasteiger partial charge in [0.1, 0.15) is 0 Å². The molecule has 1 rings (SSSR count). The Labute approximate surface area is 78.5 Å². The van der Waals surface area contributed by atoms with E-state index >= 15 is 0 Å². The molecule has 4 heteroatoms. The maximum Gasteiger partial charge on any atom is 0.222 e. The largest absolute Gasteiger partial charge is 0.396 e. The summed E-state index contributed by atoms with van der Waals surface area (Å²) in [4.78, 5) is 13.3. The van der Waals surface area contributed by atoms with E-state index in [-0.39, 0.29) is 18.6 Å². The van der Waals surface area contributed by atoms with Crippen LogP contribution >= 0.6 is 0 Å². The van der Waals surface area contributed by atoms with Gasteiger partial charge in [0, 0.05) is 26.1 Å². The molecule has 0 aromatic carbocycles. The first kappa shape index (κ1) is 10.5. The number of carbonyl (C=O) groups is 1. The summed E-state index contributed by atoms with van der Waals surface area (Å²) >= 11 is 0. The summed E-state index contributed by atoms with van der Waals surface area (Å²) in [5.41, 5.74) is 0. The minimum atomic E-state index is 0.0889. The fourth-order valence-corrected chi connectivity index (χ4v) is 1.43. The number of amides is 1. The highest BCUT2D eigenvalue weighted by atomic mass is 16.5. The Morgan fingerprint density at radius 3 is 3.08 bits per heavy atom. The Morgan fingerprint density at radius 1 is 1.69 bits per heavy atom. The lowest BCUT2D eigenvalue weighted by molar-refractivity contribution is -0.138. The van der Waals surface area contributed by atoms with Crippen LogP contribution in [0.25, 0.3) is 0 Å². The van der Waals surface area contributed by atoms with Gasteiger partial charge in [-0.05, 0) is 13.3 Å². The zero-order valence-electron chi connectivity index (χ0n) is 8.03. The summed E-state index contributed by atoms with van der Waals surface area (Å²) in [6.07, 6.45) is 1.15. The van der Waals surface area contributed by atoms with Gasteiger partial charge in [-0.1, -0.05) is 0 Å². The summed E-state index contributed by atoms with van der Waals surface area (Å²) in [6.45, 7) is 4.06. The van der Waals surface area contributed by atoms with E-state index in [0.29, 0.717) is 32.5 Å². The van der Waals surface area contributed by atoms with Crippen LogP contribution in [-0.2, 0) is 9.53 Å². The Morgan fingerprint density at radius 2 is 2.46 bits per heavy atom. The predicted octanol–water partition coefficient (Wildman–Crippen LogP) is 0.00620. The molecule has 0 saturated carbocycles. The minimum Gasteiger partial charge on any atom is -0.396 e. The first-order valence-electron chi connectivity index (χ1n) is 4.74. The number of nitrogens with zero attached hydrogens (tertiary/aromatic N) is 1. The van der Waals surface area contributed by atoms with Crippen molar-refractivity contribution in [2.75, 3.05) is 26.3 Å². The van der Waals surface area contributed by atoms with Gasteiger partial charge in [-0.2, -0.15) is 0 Å². The molecule has 1 N–H and O–H groups in total. The van der Waals surface area contributed by atoms with Crippen LogP contribution in [0.4, 0.5) is 0 Å². The van der Waals surface area contributed by atoms with Crippen LogP contribution in [0.2, 0.25) is 0 Å². The highest BCUT2D eigenvalue weighted by Crippen LogP contribution is 2.06. The molecule has 1 fully saturated rings. The van der Waals surface area contributed by atoms with Gasteiger partial charge in [0.15, 0.2) is 0 Å². The molecule has 1 heterocycles. The highest BCUT2D eigenvalue weighted by molar-refractivity contribution is 5.76. The standard InChI is InChI=1S/C9H17NO3/c1-8-7-10(4-6-13-8)9(12)3-2-5-11/h8,11H,2-7H2,1H3. The van der Waals surface area contributed by atoms with Crippen molar-refractivity contribution in [1.82, 2.24) is 4.90 Å². The third-order valence-corrected chi connectivity index (χ3v) is 2.14. The van der Waals surface area contributed by atoms with Gasteiger partial charge in [-0.3, -0.25) is 4.79 Å². The molecule has 0 radical (unpaired) electrons.